The summed E-state index contributed by atoms with van der Waals surface area (Å²) in [6, 6.07) is 3.97. The van der Waals surface area contributed by atoms with E-state index in [0.717, 1.165) is 18.2 Å². The van der Waals surface area contributed by atoms with E-state index in [2.05, 4.69) is 0 Å². The second-order valence-electron chi connectivity index (χ2n) is 2.13. The first-order chi connectivity index (χ1) is 5.93. The van der Waals surface area contributed by atoms with E-state index in [1.807, 2.05) is 0 Å². The fraction of sp³-hybridized carbons (Fsp3) is 0. The zero-order chi connectivity index (χ0) is 10.1. The predicted octanol–water partition coefficient (Wildman–Crippen LogP) is 1.65. The molecule has 0 aliphatic rings. The van der Waals surface area contributed by atoms with Crippen molar-refractivity contribution in [2.45, 2.75) is 0 Å². The second kappa shape index (κ2) is 3.35. The summed E-state index contributed by atoms with van der Waals surface area (Å²) in [5, 5.41) is 10.2. The van der Waals surface area contributed by atoms with E-state index in [0.29, 0.717) is 0 Å². The van der Waals surface area contributed by atoms with Crippen LogP contribution in [0.15, 0.2) is 24.3 Å². The summed E-state index contributed by atoms with van der Waals surface area (Å²) in [5.41, 5.74) is -0.852. The van der Waals surface area contributed by atoms with Crippen LogP contribution >= 0.6 is 0 Å². The molecule has 1 aromatic rings. The standard InChI is InChI=1S/C6H4F3NO2Se/c7-13(8,9)6-4-2-1-3-5(6)10(11)12/h1-4H. The van der Waals surface area contributed by atoms with Crippen LogP contribution in [0, 0.1) is 10.1 Å². The first-order valence-corrected chi connectivity index (χ1v) is 5.88. The molecule has 0 atom stereocenters. The summed E-state index contributed by atoms with van der Waals surface area (Å²) >= 11 is -6.26. The summed E-state index contributed by atoms with van der Waals surface area (Å²) in [5.74, 6) is 0. The van der Waals surface area contributed by atoms with Crippen LogP contribution < -0.4 is 4.46 Å². The van der Waals surface area contributed by atoms with Gasteiger partial charge >= 0.3 is 74.3 Å². The Morgan fingerprint density at radius 3 is 2.15 bits per heavy atom. The number of hydrogen-bond acceptors (Lipinski definition) is 2. The van der Waals surface area contributed by atoms with Crippen LogP contribution in [0.5, 0.6) is 0 Å². The van der Waals surface area contributed by atoms with Gasteiger partial charge in [0.15, 0.2) is 0 Å². The van der Waals surface area contributed by atoms with E-state index in [-0.39, 0.29) is 0 Å². The van der Waals surface area contributed by atoms with Crippen LogP contribution in [0.4, 0.5) is 16.3 Å². The minimum atomic E-state index is -6.26. The molecule has 0 bridgehead atoms. The van der Waals surface area contributed by atoms with Gasteiger partial charge in [-0.3, -0.25) is 0 Å². The number of para-hydroxylation sites is 1. The van der Waals surface area contributed by atoms with Crippen LogP contribution in [0.1, 0.15) is 0 Å². The number of nitro groups is 1. The molecule has 1 aromatic carbocycles. The van der Waals surface area contributed by atoms with Crippen molar-refractivity contribution in [2.75, 3.05) is 0 Å². The van der Waals surface area contributed by atoms with E-state index in [4.69, 9.17) is 0 Å². The van der Waals surface area contributed by atoms with Crippen LogP contribution in [0.3, 0.4) is 0 Å². The molecule has 3 nitrogen and oxygen atoms in total. The van der Waals surface area contributed by atoms with E-state index >= 15 is 0 Å². The molecule has 0 spiro atoms. The molecule has 0 unspecified atom stereocenters. The fourth-order valence-electron chi connectivity index (χ4n) is 0.804. The monoisotopic (exact) mass is 259 g/mol. The van der Waals surface area contributed by atoms with Gasteiger partial charge in [0.05, 0.1) is 0 Å². The normalized spacial score (nSPS) is 12.5. The average molecular weight is 258 g/mol. The maximum absolute atomic E-state index is 12.3. The first-order valence-electron chi connectivity index (χ1n) is 3.08. The van der Waals surface area contributed by atoms with Crippen LogP contribution in [-0.2, 0) is 0 Å². The van der Waals surface area contributed by atoms with Crippen molar-refractivity contribution in [3.63, 3.8) is 0 Å². The van der Waals surface area contributed by atoms with E-state index in [1.165, 1.54) is 6.07 Å². The Bertz CT molecular complexity index is 339. The zero-order valence-corrected chi connectivity index (χ0v) is 7.83. The van der Waals surface area contributed by atoms with E-state index in [1.54, 1.807) is 0 Å². The van der Waals surface area contributed by atoms with Crippen molar-refractivity contribution < 1.29 is 15.6 Å². The molecule has 0 N–H and O–H groups in total. The molecule has 0 heterocycles. The molecule has 0 radical (unpaired) electrons. The van der Waals surface area contributed by atoms with Gasteiger partial charge in [0.25, 0.3) is 0 Å². The maximum atomic E-state index is 12.3. The van der Waals surface area contributed by atoms with E-state index in [9.17, 15) is 20.8 Å². The molecule has 13 heavy (non-hydrogen) atoms. The first kappa shape index (κ1) is 10.0. The van der Waals surface area contributed by atoms with Gasteiger partial charge in [0, 0.05) is 0 Å². The van der Waals surface area contributed by atoms with Crippen molar-refractivity contribution in [3.8, 4) is 0 Å². The number of benzene rings is 1. The van der Waals surface area contributed by atoms with Crippen LogP contribution in [0.25, 0.3) is 0 Å². The summed E-state index contributed by atoms with van der Waals surface area (Å²) in [6.45, 7) is 0. The Morgan fingerprint density at radius 2 is 1.77 bits per heavy atom. The minimum absolute atomic E-state index is 0.748. The van der Waals surface area contributed by atoms with Gasteiger partial charge in [0.2, 0.25) is 0 Å². The molecule has 0 fully saturated rings. The quantitative estimate of drug-likeness (QED) is 0.460. The second-order valence-corrected chi connectivity index (χ2v) is 4.76. The van der Waals surface area contributed by atoms with Crippen molar-refractivity contribution in [1.29, 1.82) is 0 Å². The van der Waals surface area contributed by atoms with Crippen molar-refractivity contribution in [3.05, 3.63) is 34.4 Å². The Labute approximate surface area is 74.9 Å². The number of nitro benzene ring substituents is 1. The summed E-state index contributed by atoms with van der Waals surface area (Å²) < 4.78 is 35.7. The Hall–Kier alpha value is -1.07. The average Bonchev–Trinajstić information content (AvgIpc) is 2.03. The van der Waals surface area contributed by atoms with Crippen LogP contribution in [-0.4, -0.2) is 19.1 Å². The molecule has 0 aliphatic heterocycles. The number of nitrogens with zero attached hydrogens (tertiary/aromatic N) is 1. The molecule has 0 aromatic heterocycles. The fourth-order valence-corrected chi connectivity index (χ4v) is 2.09. The van der Waals surface area contributed by atoms with E-state index < -0.39 is 29.3 Å². The van der Waals surface area contributed by atoms with Gasteiger partial charge in [-0.1, -0.05) is 0 Å². The molecule has 0 saturated heterocycles. The Morgan fingerprint density at radius 1 is 1.23 bits per heavy atom. The molecule has 0 saturated carbocycles. The molecular formula is C6H4F3NO2Se. The Kier molecular flexibility index (Phi) is 2.58. The Balaban J connectivity index is 3.28. The molecular weight excluding hydrogens is 254 g/mol. The van der Waals surface area contributed by atoms with Gasteiger partial charge in [-0.2, -0.15) is 0 Å². The number of rotatable bonds is 2. The predicted molar refractivity (Wildman–Crippen MR) is 41.8 cm³/mol. The summed E-state index contributed by atoms with van der Waals surface area (Å²) in [6.07, 6.45) is 0. The number of hydrogen-bond donors (Lipinski definition) is 0. The number of halogens is 3. The molecule has 0 amide bonds. The van der Waals surface area contributed by atoms with Gasteiger partial charge in [-0.25, -0.2) is 0 Å². The van der Waals surface area contributed by atoms with Gasteiger partial charge in [0.1, 0.15) is 0 Å². The summed E-state index contributed by atoms with van der Waals surface area (Å²) in [4.78, 5) is 9.19. The molecule has 7 heteroatoms. The SMILES string of the molecule is O=[N+]([O-])c1ccccc1[Se](F)(F)F. The van der Waals surface area contributed by atoms with Crippen molar-refractivity contribution >= 4 is 24.4 Å². The third-order valence-corrected chi connectivity index (χ3v) is 3.08. The third kappa shape index (κ3) is 2.19. The summed E-state index contributed by atoms with van der Waals surface area (Å²) in [7, 11) is 0. The third-order valence-electron chi connectivity index (χ3n) is 1.31. The zero-order valence-electron chi connectivity index (χ0n) is 6.12. The van der Waals surface area contributed by atoms with Gasteiger partial charge < -0.3 is 0 Å². The molecule has 72 valence electrons. The van der Waals surface area contributed by atoms with Crippen molar-refractivity contribution in [1.82, 2.24) is 0 Å². The molecule has 1 rings (SSSR count). The van der Waals surface area contributed by atoms with Gasteiger partial charge in [-0.15, -0.1) is 0 Å². The van der Waals surface area contributed by atoms with Gasteiger partial charge in [-0.05, 0) is 0 Å². The van der Waals surface area contributed by atoms with Crippen molar-refractivity contribution in [2.24, 2.45) is 0 Å². The van der Waals surface area contributed by atoms with Crippen LogP contribution in [0.2, 0.25) is 0 Å². The topological polar surface area (TPSA) is 43.1 Å². The molecule has 0 aliphatic carbocycles.